The zero-order valence-corrected chi connectivity index (χ0v) is 37.9. The molecule has 0 heterocycles. The van der Waals surface area contributed by atoms with Crippen molar-refractivity contribution in [1.29, 1.82) is 0 Å². The van der Waals surface area contributed by atoms with Crippen molar-refractivity contribution in [1.82, 2.24) is 0 Å². The lowest BCUT2D eigenvalue weighted by Gasteiger charge is -2.20. The van der Waals surface area contributed by atoms with Crippen molar-refractivity contribution >= 4 is 10.8 Å². The van der Waals surface area contributed by atoms with Crippen LogP contribution in [-0.2, 0) is 6.42 Å². The van der Waals surface area contributed by atoms with Gasteiger partial charge in [0.25, 0.3) is 0 Å². The van der Waals surface area contributed by atoms with Crippen LogP contribution in [0, 0.1) is 24.7 Å². The van der Waals surface area contributed by atoms with Gasteiger partial charge in [-0.25, -0.2) is 0 Å². The number of hydrogen-bond donors (Lipinski definition) is 0. The Balaban J connectivity index is 1.87. The molecule has 3 unspecified atom stereocenters. The highest BCUT2D eigenvalue weighted by Crippen LogP contribution is 2.41. The van der Waals surface area contributed by atoms with Crippen LogP contribution in [0.4, 0.5) is 0 Å². The predicted molar refractivity (Wildman–Crippen MR) is 246 cm³/mol. The molecule has 0 saturated carbocycles. The average Bonchev–Trinajstić information content (AvgIpc) is 3.14. The van der Waals surface area contributed by atoms with Crippen LogP contribution in [0.25, 0.3) is 10.8 Å². The van der Waals surface area contributed by atoms with Gasteiger partial charge in [-0.2, -0.15) is 0 Å². The van der Waals surface area contributed by atoms with Gasteiger partial charge in [0, 0.05) is 16.3 Å². The summed E-state index contributed by atoms with van der Waals surface area (Å²) in [6.07, 6.45) is 28.2. The lowest BCUT2D eigenvalue weighted by Crippen LogP contribution is -2.07. The molecule has 0 aromatic heterocycles. The average molecular weight is 749 g/mol. The van der Waals surface area contributed by atoms with Crippen LogP contribution in [0.15, 0.2) is 106 Å². The summed E-state index contributed by atoms with van der Waals surface area (Å²) in [4.78, 5) is 0. The largest absolute Gasteiger partial charge is 0.493 e. The first-order valence-electron chi connectivity index (χ1n) is 21.6. The van der Waals surface area contributed by atoms with Gasteiger partial charge in [-0.15, -0.1) is 0 Å². The normalized spacial score (nSPS) is 15.3. The van der Waals surface area contributed by atoms with E-state index in [0.29, 0.717) is 31.0 Å². The van der Waals surface area contributed by atoms with Crippen LogP contribution in [-0.4, -0.2) is 13.2 Å². The Morgan fingerprint density at radius 1 is 0.582 bits per heavy atom. The van der Waals surface area contributed by atoms with Gasteiger partial charge < -0.3 is 9.47 Å². The number of benzene rings is 2. The van der Waals surface area contributed by atoms with Gasteiger partial charge in [0.05, 0.1) is 13.2 Å². The molecule has 55 heavy (non-hydrogen) atoms. The molecule has 0 aliphatic carbocycles. The molecule has 0 aliphatic rings. The van der Waals surface area contributed by atoms with E-state index in [-0.39, 0.29) is 0 Å². The van der Waals surface area contributed by atoms with Crippen molar-refractivity contribution < 1.29 is 9.47 Å². The summed E-state index contributed by atoms with van der Waals surface area (Å²) in [7, 11) is 0. The minimum atomic E-state index is 0.489. The molecule has 0 spiro atoms. The van der Waals surface area contributed by atoms with E-state index in [1.54, 1.807) is 0 Å². The molecule has 304 valence electrons. The third-order valence-corrected chi connectivity index (χ3v) is 11.5. The molecule has 2 aromatic carbocycles. The summed E-state index contributed by atoms with van der Waals surface area (Å²) in [5.74, 6) is 3.60. The van der Waals surface area contributed by atoms with Crippen molar-refractivity contribution in [2.45, 2.75) is 161 Å². The van der Waals surface area contributed by atoms with E-state index in [9.17, 15) is 0 Å². The fourth-order valence-corrected chi connectivity index (χ4v) is 7.26. The van der Waals surface area contributed by atoms with Gasteiger partial charge >= 0.3 is 0 Å². The molecule has 2 nitrogen and oxygen atoms in total. The van der Waals surface area contributed by atoms with Gasteiger partial charge in [-0.3, -0.25) is 0 Å². The van der Waals surface area contributed by atoms with Gasteiger partial charge in [0.15, 0.2) is 0 Å². The molecule has 2 heteroatoms. The topological polar surface area (TPSA) is 18.5 Å². The summed E-state index contributed by atoms with van der Waals surface area (Å²) < 4.78 is 12.4. The van der Waals surface area contributed by atoms with Crippen molar-refractivity contribution in [2.75, 3.05) is 13.2 Å². The molecule has 0 fully saturated rings. The third kappa shape index (κ3) is 17.0. The van der Waals surface area contributed by atoms with E-state index in [2.05, 4.69) is 164 Å². The second-order valence-corrected chi connectivity index (χ2v) is 16.7. The number of rotatable bonds is 24. The van der Waals surface area contributed by atoms with Crippen LogP contribution in [0.2, 0.25) is 0 Å². The summed E-state index contributed by atoms with van der Waals surface area (Å²) in [5, 5.41) is 2.26. The monoisotopic (exact) mass is 749 g/mol. The third-order valence-electron chi connectivity index (χ3n) is 11.5. The van der Waals surface area contributed by atoms with Gasteiger partial charge in [-0.05, 0) is 164 Å². The Labute approximate surface area is 339 Å². The number of ether oxygens (including phenoxy) is 2. The van der Waals surface area contributed by atoms with E-state index < -0.39 is 0 Å². The SMILES string of the molecule is CCOc1c(C)c(C/C=C(\C)C(C)C/C=C(\C)CC/C=C(\C)CC/C=C(\C)C(C)C(C)/C=C(\C)CC/C=C(\C)CCC=C(C)C)c(OCC)c2ccccc12. The maximum atomic E-state index is 6.27. The fraction of sp³-hybridized carbons (Fsp3) is 0.547. The first-order valence-corrected chi connectivity index (χ1v) is 21.6. The van der Waals surface area contributed by atoms with Gasteiger partial charge in [-0.1, -0.05) is 127 Å². The highest BCUT2D eigenvalue weighted by molar-refractivity contribution is 5.96. The van der Waals surface area contributed by atoms with E-state index >= 15 is 0 Å². The molecule has 2 rings (SSSR count). The molecule has 0 N–H and O–H groups in total. The number of allylic oxidation sites excluding steroid dienone is 14. The summed E-state index contributed by atoms with van der Waals surface area (Å²) in [6, 6.07) is 8.47. The van der Waals surface area contributed by atoms with E-state index in [0.717, 1.165) is 80.1 Å². The van der Waals surface area contributed by atoms with Gasteiger partial charge in [0.1, 0.15) is 11.5 Å². The zero-order valence-electron chi connectivity index (χ0n) is 37.9. The zero-order chi connectivity index (χ0) is 40.9. The van der Waals surface area contributed by atoms with Crippen LogP contribution < -0.4 is 9.47 Å². The highest BCUT2D eigenvalue weighted by Gasteiger charge is 2.18. The summed E-state index contributed by atoms with van der Waals surface area (Å²) in [6.45, 7) is 32.9. The predicted octanol–water partition coefficient (Wildman–Crippen LogP) is 16.6. The summed E-state index contributed by atoms with van der Waals surface area (Å²) in [5.41, 5.74) is 12.8. The van der Waals surface area contributed by atoms with Crippen LogP contribution in [0.1, 0.15) is 159 Å². The molecular weight excluding hydrogens is 669 g/mol. The molecule has 3 atom stereocenters. The summed E-state index contributed by atoms with van der Waals surface area (Å²) >= 11 is 0. The molecule has 0 radical (unpaired) electrons. The van der Waals surface area contributed by atoms with E-state index in [1.807, 2.05) is 0 Å². The van der Waals surface area contributed by atoms with E-state index in [1.165, 1.54) is 56.6 Å². The Morgan fingerprint density at radius 3 is 1.64 bits per heavy atom. The molecule has 0 bridgehead atoms. The van der Waals surface area contributed by atoms with Crippen molar-refractivity contribution in [3.05, 3.63) is 117 Å². The van der Waals surface area contributed by atoms with Crippen molar-refractivity contribution in [2.24, 2.45) is 17.8 Å². The quantitative estimate of drug-likeness (QED) is 0.0996. The Hall–Kier alpha value is -3.52. The lowest BCUT2D eigenvalue weighted by molar-refractivity contribution is 0.332. The second kappa shape index (κ2) is 25.6. The Kier molecular flexibility index (Phi) is 22.2. The number of hydrogen-bond acceptors (Lipinski definition) is 2. The standard InChI is InChI=1S/C53H80O2/c1-15-54-52-48(14)49(53(55-16-2)51-32-18-17-31-50(51)52)36-35-44(10)43(9)34-33-41(7)27-20-25-40(6)28-22-30-45(11)47(13)46(12)37-42(8)29-21-26-39(5)24-19-23-38(3)4/h17-18,23,25-26,30-33,35,37,43,46-47H,15-16,19-22,24,27-29,34,36H2,1-14H3/b39-26+,40-25+,41-33+,42-37+,44-35+,45-30+. The van der Waals surface area contributed by atoms with Crippen LogP contribution >= 0.6 is 0 Å². The van der Waals surface area contributed by atoms with Crippen LogP contribution in [0.3, 0.4) is 0 Å². The first-order chi connectivity index (χ1) is 26.2. The highest BCUT2D eigenvalue weighted by atomic mass is 16.5. The molecule has 2 aromatic rings. The number of fused-ring (bicyclic) bond motifs is 1. The smallest absolute Gasteiger partial charge is 0.131 e. The van der Waals surface area contributed by atoms with Crippen molar-refractivity contribution in [3.8, 4) is 11.5 Å². The molecular formula is C53H80O2. The van der Waals surface area contributed by atoms with Crippen LogP contribution in [0.5, 0.6) is 11.5 Å². The fourth-order valence-electron chi connectivity index (χ4n) is 7.26. The molecule has 0 saturated heterocycles. The molecule has 0 amide bonds. The first kappa shape index (κ1) is 47.6. The Bertz CT molecular complexity index is 1700. The minimum absolute atomic E-state index is 0.489. The van der Waals surface area contributed by atoms with Gasteiger partial charge in [0.2, 0.25) is 0 Å². The Morgan fingerprint density at radius 2 is 1.07 bits per heavy atom. The second-order valence-electron chi connectivity index (χ2n) is 16.7. The minimum Gasteiger partial charge on any atom is -0.493 e. The maximum absolute atomic E-state index is 6.27. The van der Waals surface area contributed by atoms with E-state index in [4.69, 9.17) is 9.47 Å². The van der Waals surface area contributed by atoms with Crippen molar-refractivity contribution in [3.63, 3.8) is 0 Å². The maximum Gasteiger partial charge on any atom is 0.131 e. The molecule has 0 aliphatic heterocycles. The lowest BCUT2D eigenvalue weighted by atomic mass is 9.87.